The number of benzene rings is 1. The fourth-order valence-electron chi connectivity index (χ4n) is 2.05. The monoisotopic (exact) mass is 255 g/mol. The Bertz CT molecular complexity index is 742. The number of aromatic nitrogens is 4. The standard InChI is InChI=1S/C13H13N5O/c1-7-8(2)16-11-4-3-9(5-10(7)11)12(19)17-13-14-6-15-18-13/h3-6,16H,1-2H3,(H2,14,15,17,18,19). The van der Waals surface area contributed by atoms with Gasteiger partial charge in [0.25, 0.3) is 5.91 Å². The van der Waals surface area contributed by atoms with Gasteiger partial charge in [-0.25, -0.2) is 5.10 Å². The van der Waals surface area contributed by atoms with E-state index in [2.05, 4.69) is 25.5 Å². The van der Waals surface area contributed by atoms with Crippen LogP contribution in [0.2, 0.25) is 0 Å². The first-order valence-corrected chi connectivity index (χ1v) is 5.91. The van der Waals surface area contributed by atoms with E-state index in [0.29, 0.717) is 11.5 Å². The van der Waals surface area contributed by atoms with Gasteiger partial charge in [-0.3, -0.25) is 10.1 Å². The van der Waals surface area contributed by atoms with Crippen molar-refractivity contribution in [1.29, 1.82) is 0 Å². The van der Waals surface area contributed by atoms with Crippen molar-refractivity contribution >= 4 is 22.8 Å². The third-order valence-corrected chi connectivity index (χ3v) is 3.22. The number of amides is 1. The zero-order chi connectivity index (χ0) is 13.4. The fourth-order valence-corrected chi connectivity index (χ4v) is 2.05. The SMILES string of the molecule is Cc1[nH]c2ccc(C(=O)Nc3ncn[nH]3)cc2c1C. The van der Waals surface area contributed by atoms with Gasteiger partial charge in [-0.1, -0.05) is 0 Å². The topological polar surface area (TPSA) is 86.5 Å². The zero-order valence-corrected chi connectivity index (χ0v) is 10.6. The molecule has 0 atom stereocenters. The fraction of sp³-hybridized carbons (Fsp3) is 0.154. The maximum atomic E-state index is 12.1. The smallest absolute Gasteiger partial charge is 0.258 e. The Kier molecular flexibility index (Phi) is 2.56. The number of H-pyrrole nitrogens is 2. The summed E-state index contributed by atoms with van der Waals surface area (Å²) in [6.45, 7) is 4.05. The van der Waals surface area contributed by atoms with Gasteiger partial charge in [-0.05, 0) is 37.6 Å². The number of carbonyl (C=O) groups excluding carboxylic acids is 1. The van der Waals surface area contributed by atoms with Crippen LogP contribution in [0.1, 0.15) is 21.6 Å². The van der Waals surface area contributed by atoms with E-state index in [-0.39, 0.29) is 5.91 Å². The number of anilines is 1. The van der Waals surface area contributed by atoms with Crippen molar-refractivity contribution in [3.63, 3.8) is 0 Å². The molecule has 0 saturated carbocycles. The Hall–Kier alpha value is -2.63. The molecule has 2 heterocycles. The molecule has 1 amide bonds. The third kappa shape index (κ3) is 1.97. The number of carbonyl (C=O) groups is 1. The predicted molar refractivity (Wildman–Crippen MR) is 72.1 cm³/mol. The highest BCUT2D eigenvalue weighted by atomic mass is 16.1. The summed E-state index contributed by atoms with van der Waals surface area (Å²) in [6, 6.07) is 5.56. The molecule has 1 aromatic carbocycles. The van der Waals surface area contributed by atoms with Crippen LogP contribution in [0, 0.1) is 13.8 Å². The first-order valence-electron chi connectivity index (χ1n) is 5.91. The van der Waals surface area contributed by atoms with Crippen LogP contribution >= 0.6 is 0 Å². The summed E-state index contributed by atoms with van der Waals surface area (Å²) in [5.74, 6) is 0.129. The summed E-state index contributed by atoms with van der Waals surface area (Å²) in [4.78, 5) is 19.2. The molecule has 3 N–H and O–H groups in total. The van der Waals surface area contributed by atoms with Gasteiger partial charge < -0.3 is 4.98 Å². The summed E-state index contributed by atoms with van der Waals surface area (Å²) >= 11 is 0. The quantitative estimate of drug-likeness (QED) is 0.655. The van der Waals surface area contributed by atoms with E-state index in [9.17, 15) is 4.79 Å². The molecule has 0 fully saturated rings. The first kappa shape index (κ1) is 11.5. The number of nitrogens with one attached hydrogen (secondary N) is 3. The molecule has 6 nitrogen and oxygen atoms in total. The number of hydrogen-bond donors (Lipinski definition) is 3. The molecule has 2 aromatic heterocycles. The lowest BCUT2D eigenvalue weighted by atomic mass is 10.1. The minimum Gasteiger partial charge on any atom is -0.358 e. The normalized spacial score (nSPS) is 10.8. The molecular formula is C13H13N5O. The molecule has 6 heteroatoms. The Morgan fingerprint density at radius 2 is 2.16 bits per heavy atom. The highest BCUT2D eigenvalue weighted by Crippen LogP contribution is 2.22. The number of aryl methyl sites for hydroxylation is 2. The molecular weight excluding hydrogens is 242 g/mol. The Morgan fingerprint density at radius 1 is 1.32 bits per heavy atom. The second-order valence-corrected chi connectivity index (χ2v) is 4.42. The van der Waals surface area contributed by atoms with Gasteiger partial charge in [0.2, 0.25) is 5.95 Å². The van der Waals surface area contributed by atoms with E-state index >= 15 is 0 Å². The van der Waals surface area contributed by atoms with Crippen molar-refractivity contribution in [3.05, 3.63) is 41.3 Å². The maximum absolute atomic E-state index is 12.1. The molecule has 96 valence electrons. The summed E-state index contributed by atoms with van der Waals surface area (Å²) in [6.07, 6.45) is 1.35. The van der Waals surface area contributed by atoms with E-state index in [1.165, 1.54) is 6.33 Å². The maximum Gasteiger partial charge on any atom is 0.258 e. The number of rotatable bonds is 2. The Labute approximate surface area is 109 Å². The van der Waals surface area contributed by atoms with Crippen molar-refractivity contribution in [2.24, 2.45) is 0 Å². The molecule has 0 radical (unpaired) electrons. The predicted octanol–water partition coefficient (Wildman–Crippen LogP) is 2.16. The molecule has 0 saturated heterocycles. The first-order chi connectivity index (χ1) is 9.15. The Morgan fingerprint density at radius 3 is 2.89 bits per heavy atom. The van der Waals surface area contributed by atoms with Gasteiger partial charge in [-0.2, -0.15) is 10.1 Å². The van der Waals surface area contributed by atoms with Crippen molar-refractivity contribution in [2.45, 2.75) is 13.8 Å². The van der Waals surface area contributed by atoms with Crippen LogP contribution in [0.3, 0.4) is 0 Å². The van der Waals surface area contributed by atoms with Crippen molar-refractivity contribution < 1.29 is 4.79 Å². The van der Waals surface area contributed by atoms with E-state index < -0.39 is 0 Å². The zero-order valence-electron chi connectivity index (χ0n) is 10.6. The summed E-state index contributed by atoms with van der Waals surface area (Å²) in [5, 5.41) is 9.98. The van der Waals surface area contributed by atoms with Crippen LogP contribution in [-0.2, 0) is 0 Å². The van der Waals surface area contributed by atoms with Crippen LogP contribution in [0.25, 0.3) is 10.9 Å². The average Bonchev–Trinajstić information content (AvgIpc) is 2.99. The minimum atomic E-state index is -0.211. The highest BCUT2D eigenvalue weighted by Gasteiger charge is 2.11. The van der Waals surface area contributed by atoms with Crippen LogP contribution in [-0.4, -0.2) is 26.1 Å². The largest absolute Gasteiger partial charge is 0.358 e. The van der Waals surface area contributed by atoms with Crippen LogP contribution < -0.4 is 5.32 Å². The summed E-state index contributed by atoms with van der Waals surface area (Å²) < 4.78 is 0. The minimum absolute atomic E-state index is 0.211. The van der Waals surface area contributed by atoms with E-state index in [1.54, 1.807) is 6.07 Å². The molecule has 0 aliphatic heterocycles. The molecule has 0 bridgehead atoms. The van der Waals surface area contributed by atoms with Crippen molar-refractivity contribution in [2.75, 3.05) is 5.32 Å². The lowest BCUT2D eigenvalue weighted by Gasteiger charge is -2.02. The lowest BCUT2D eigenvalue weighted by molar-refractivity contribution is 0.102. The number of nitrogens with zero attached hydrogens (tertiary/aromatic N) is 2. The molecule has 0 aliphatic rings. The van der Waals surface area contributed by atoms with Crippen molar-refractivity contribution in [3.8, 4) is 0 Å². The Balaban J connectivity index is 1.96. The van der Waals surface area contributed by atoms with E-state index in [4.69, 9.17) is 0 Å². The van der Waals surface area contributed by atoms with Gasteiger partial charge in [0.15, 0.2) is 0 Å². The second-order valence-electron chi connectivity index (χ2n) is 4.42. The summed E-state index contributed by atoms with van der Waals surface area (Å²) in [5.41, 5.74) is 3.89. The van der Waals surface area contributed by atoms with Crippen molar-refractivity contribution in [1.82, 2.24) is 20.2 Å². The number of hydrogen-bond acceptors (Lipinski definition) is 3. The van der Waals surface area contributed by atoms with E-state index in [0.717, 1.165) is 22.2 Å². The molecule has 0 spiro atoms. The van der Waals surface area contributed by atoms with Crippen LogP contribution in [0.15, 0.2) is 24.5 Å². The molecule has 0 unspecified atom stereocenters. The van der Waals surface area contributed by atoms with Crippen LogP contribution in [0.5, 0.6) is 0 Å². The molecule has 19 heavy (non-hydrogen) atoms. The summed E-state index contributed by atoms with van der Waals surface area (Å²) in [7, 11) is 0. The van der Waals surface area contributed by atoms with Gasteiger partial charge in [-0.15, -0.1) is 0 Å². The molecule has 3 aromatic rings. The molecule has 3 rings (SSSR count). The van der Waals surface area contributed by atoms with Gasteiger partial charge in [0, 0.05) is 22.2 Å². The van der Waals surface area contributed by atoms with Crippen LogP contribution in [0.4, 0.5) is 5.95 Å². The second kappa shape index (κ2) is 4.24. The van der Waals surface area contributed by atoms with Gasteiger partial charge in [0.1, 0.15) is 6.33 Å². The third-order valence-electron chi connectivity index (χ3n) is 3.22. The average molecular weight is 255 g/mol. The van der Waals surface area contributed by atoms with E-state index in [1.807, 2.05) is 26.0 Å². The van der Waals surface area contributed by atoms with Gasteiger partial charge in [0.05, 0.1) is 0 Å². The molecule has 0 aliphatic carbocycles. The number of fused-ring (bicyclic) bond motifs is 1. The highest BCUT2D eigenvalue weighted by molar-refractivity contribution is 6.05. The lowest BCUT2D eigenvalue weighted by Crippen LogP contribution is -2.12. The van der Waals surface area contributed by atoms with Gasteiger partial charge >= 0.3 is 0 Å². The number of aromatic amines is 2.